The minimum atomic E-state index is -0.0347. The molecule has 3 N–H and O–H groups in total. The van der Waals surface area contributed by atoms with Crippen molar-refractivity contribution in [2.45, 2.75) is 44.7 Å². The number of anilines is 1. The van der Waals surface area contributed by atoms with Crippen LogP contribution in [0.4, 0.5) is 5.69 Å². The molecule has 5 nitrogen and oxygen atoms in total. The van der Waals surface area contributed by atoms with E-state index in [1.165, 1.54) is 0 Å². The van der Waals surface area contributed by atoms with Gasteiger partial charge in [-0.05, 0) is 63.4 Å². The van der Waals surface area contributed by atoms with Gasteiger partial charge in [-0.2, -0.15) is 0 Å². The van der Waals surface area contributed by atoms with Crippen LogP contribution in [0, 0.1) is 5.92 Å². The van der Waals surface area contributed by atoms with E-state index >= 15 is 0 Å². The van der Waals surface area contributed by atoms with E-state index in [9.17, 15) is 9.59 Å². The van der Waals surface area contributed by atoms with Crippen LogP contribution in [-0.2, 0) is 4.79 Å². The van der Waals surface area contributed by atoms with Gasteiger partial charge in [0, 0.05) is 29.3 Å². The third-order valence-corrected chi connectivity index (χ3v) is 4.32. The van der Waals surface area contributed by atoms with E-state index in [1.807, 2.05) is 0 Å². The quantitative estimate of drug-likeness (QED) is 0.789. The average molecular weight is 338 g/mol. The lowest BCUT2D eigenvalue weighted by molar-refractivity contribution is -0.120. The number of amides is 2. The van der Waals surface area contributed by atoms with E-state index in [2.05, 4.69) is 22.9 Å². The molecular weight excluding hydrogens is 314 g/mol. The standard InChI is InChI=1S/C17H23N3O2.ClH/c1-11-10-13(8-9-18-11)17(22)20-14-4-2-12(3-5-14)16(21)19-15-6-7-15;/h2-5,11,13,15,18H,6-10H2,1H3,(H,19,21)(H,20,22);1H/t11-,13-;/m0./s1. The van der Waals surface area contributed by atoms with Gasteiger partial charge in [0.25, 0.3) is 5.91 Å². The zero-order chi connectivity index (χ0) is 15.5. The highest BCUT2D eigenvalue weighted by Gasteiger charge is 2.25. The number of rotatable bonds is 4. The molecule has 1 aliphatic heterocycles. The van der Waals surface area contributed by atoms with Crippen LogP contribution < -0.4 is 16.0 Å². The maximum atomic E-state index is 12.3. The Morgan fingerprint density at radius 1 is 1.13 bits per heavy atom. The molecule has 0 spiro atoms. The first-order chi connectivity index (χ1) is 10.6. The molecule has 1 saturated heterocycles. The van der Waals surface area contributed by atoms with Crippen LogP contribution in [0.15, 0.2) is 24.3 Å². The SMILES string of the molecule is C[C@H]1C[C@@H](C(=O)Nc2ccc(C(=O)NC3CC3)cc2)CCN1.Cl. The lowest BCUT2D eigenvalue weighted by Gasteiger charge is -2.27. The highest BCUT2D eigenvalue weighted by Crippen LogP contribution is 2.21. The average Bonchev–Trinajstić information content (AvgIpc) is 3.32. The van der Waals surface area contributed by atoms with Crippen LogP contribution in [0.25, 0.3) is 0 Å². The Morgan fingerprint density at radius 3 is 2.43 bits per heavy atom. The lowest BCUT2D eigenvalue weighted by atomic mass is 9.92. The van der Waals surface area contributed by atoms with Crippen molar-refractivity contribution in [3.8, 4) is 0 Å². The van der Waals surface area contributed by atoms with E-state index in [4.69, 9.17) is 0 Å². The number of carbonyl (C=O) groups is 2. The van der Waals surface area contributed by atoms with E-state index in [-0.39, 0.29) is 30.1 Å². The minimum absolute atomic E-state index is 0. The van der Waals surface area contributed by atoms with Crippen LogP contribution >= 0.6 is 12.4 Å². The van der Waals surface area contributed by atoms with Crippen LogP contribution in [-0.4, -0.2) is 30.4 Å². The van der Waals surface area contributed by atoms with Crippen molar-refractivity contribution in [1.29, 1.82) is 0 Å². The molecule has 2 amide bonds. The second-order valence-corrected chi connectivity index (χ2v) is 6.39. The molecule has 0 unspecified atom stereocenters. The Bertz CT molecular complexity index is 557. The topological polar surface area (TPSA) is 70.2 Å². The van der Waals surface area contributed by atoms with Gasteiger partial charge in [-0.15, -0.1) is 12.4 Å². The molecule has 2 aliphatic rings. The van der Waals surface area contributed by atoms with E-state index < -0.39 is 0 Å². The van der Waals surface area contributed by atoms with Gasteiger partial charge >= 0.3 is 0 Å². The number of nitrogens with one attached hydrogen (secondary N) is 3. The van der Waals surface area contributed by atoms with Crippen molar-refractivity contribution in [2.24, 2.45) is 5.92 Å². The highest BCUT2D eigenvalue weighted by atomic mass is 35.5. The number of carbonyl (C=O) groups excluding carboxylic acids is 2. The smallest absolute Gasteiger partial charge is 0.251 e. The molecular formula is C17H24ClN3O2. The van der Waals surface area contributed by atoms with Crippen LogP contribution in [0.5, 0.6) is 0 Å². The highest BCUT2D eigenvalue weighted by molar-refractivity contribution is 5.96. The van der Waals surface area contributed by atoms with Gasteiger partial charge in [-0.1, -0.05) is 0 Å². The fourth-order valence-corrected chi connectivity index (χ4v) is 2.82. The number of hydrogen-bond donors (Lipinski definition) is 3. The summed E-state index contributed by atoms with van der Waals surface area (Å²) in [5.41, 5.74) is 1.39. The van der Waals surface area contributed by atoms with Crippen molar-refractivity contribution in [3.63, 3.8) is 0 Å². The monoisotopic (exact) mass is 337 g/mol. The van der Waals surface area contributed by atoms with Gasteiger partial charge in [0.15, 0.2) is 0 Å². The van der Waals surface area contributed by atoms with Crippen molar-refractivity contribution < 1.29 is 9.59 Å². The summed E-state index contributed by atoms with van der Waals surface area (Å²) in [7, 11) is 0. The predicted molar refractivity (Wildman–Crippen MR) is 93.0 cm³/mol. The first-order valence-electron chi connectivity index (χ1n) is 8.07. The molecule has 1 saturated carbocycles. The second-order valence-electron chi connectivity index (χ2n) is 6.39. The van der Waals surface area contributed by atoms with Crippen LogP contribution in [0.1, 0.15) is 43.0 Å². The summed E-state index contributed by atoms with van der Waals surface area (Å²) in [5, 5.41) is 9.25. The molecule has 1 aromatic rings. The molecule has 0 aromatic heterocycles. The first-order valence-corrected chi connectivity index (χ1v) is 8.07. The molecule has 0 radical (unpaired) electrons. The third-order valence-electron chi connectivity index (χ3n) is 4.32. The summed E-state index contributed by atoms with van der Waals surface area (Å²) in [6, 6.07) is 7.86. The maximum absolute atomic E-state index is 12.3. The minimum Gasteiger partial charge on any atom is -0.349 e. The second kappa shape index (κ2) is 7.79. The van der Waals surface area contributed by atoms with Crippen molar-refractivity contribution >= 4 is 29.9 Å². The summed E-state index contributed by atoms with van der Waals surface area (Å²) in [4.78, 5) is 24.2. The van der Waals surface area contributed by atoms with Gasteiger partial charge in [0.2, 0.25) is 5.91 Å². The Labute approximate surface area is 143 Å². The molecule has 2 atom stereocenters. The normalized spacial score (nSPS) is 23.5. The number of benzene rings is 1. The van der Waals surface area contributed by atoms with Crippen molar-refractivity contribution in [3.05, 3.63) is 29.8 Å². The maximum Gasteiger partial charge on any atom is 0.251 e. The Balaban J connectivity index is 0.00000192. The Hall–Kier alpha value is -1.59. The lowest BCUT2D eigenvalue weighted by Crippen LogP contribution is -2.40. The number of halogens is 1. The van der Waals surface area contributed by atoms with Crippen molar-refractivity contribution in [1.82, 2.24) is 10.6 Å². The van der Waals surface area contributed by atoms with E-state index in [1.54, 1.807) is 24.3 Å². The third kappa shape index (κ3) is 4.94. The summed E-state index contributed by atoms with van der Waals surface area (Å²) < 4.78 is 0. The van der Waals surface area contributed by atoms with E-state index in [0.717, 1.165) is 37.9 Å². The fourth-order valence-electron chi connectivity index (χ4n) is 2.82. The molecule has 6 heteroatoms. The van der Waals surface area contributed by atoms with Crippen molar-refractivity contribution in [2.75, 3.05) is 11.9 Å². The summed E-state index contributed by atoms with van der Waals surface area (Å²) in [6.07, 6.45) is 3.90. The summed E-state index contributed by atoms with van der Waals surface area (Å²) in [5.74, 6) is 0.102. The van der Waals surface area contributed by atoms with Gasteiger partial charge in [0.05, 0.1) is 0 Å². The van der Waals surface area contributed by atoms with Gasteiger partial charge in [-0.3, -0.25) is 9.59 Å². The van der Waals surface area contributed by atoms with Crippen LogP contribution in [0.2, 0.25) is 0 Å². The number of piperidine rings is 1. The molecule has 0 bridgehead atoms. The Kier molecular flexibility index (Phi) is 6.02. The predicted octanol–water partition coefficient (Wildman–Crippen LogP) is 2.33. The molecule has 1 aromatic carbocycles. The van der Waals surface area contributed by atoms with Gasteiger partial charge < -0.3 is 16.0 Å². The zero-order valence-electron chi connectivity index (χ0n) is 13.3. The molecule has 126 valence electrons. The summed E-state index contributed by atoms with van der Waals surface area (Å²) in [6.45, 7) is 2.99. The van der Waals surface area contributed by atoms with Gasteiger partial charge in [0.1, 0.15) is 0 Å². The van der Waals surface area contributed by atoms with Crippen LogP contribution in [0.3, 0.4) is 0 Å². The van der Waals surface area contributed by atoms with E-state index in [0.29, 0.717) is 17.6 Å². The molecule has 1 heterocycles. The molecule has 1 aliphatic carbocycles. The van der Waals surface area contributed by atoms with Gasteiger partial charge in [-0.25, -0.2) is 0 Å². The Morgan fingerprint density at radius 2 is 1.83 bits per heavy atom. The zero-order valence-corrected chi connectivity index (χ0v) is 14.1. The number of hydrogen-bond acceptors (Lipinski definition) is 3. The first kappa shape index (κ1) is 17.8. The molecule has 2 fully saturated rings. The molecule has 3 rings (SSSR count). The fraction of sp³-hybridized carbons (Fsp3) is 0.529. The summed E-state index contributed by atoms with van der Waals surface area (Å²) >= 11 is 0. The largest absolute Gasteiger partial charge is 0.349 e. The molecule has 23 heavy (non-hydrogen) atoms.